The molecule has 0 radical (unpaired) electrons. The molecule has 5 nitrogen and oxygen atoms in total. The van der Waals surface area contributed by atoms with Gasteiger partial charge in [-0.1, -0.05) is 13.0 Å². The molecule has 108 valence electrons. The van der Waals surface area contributed by atoms with Crippen molar-refractivity contribution >= 4 is 5.65 Å². The highest BCUT2D eigenvalue weighted by molar-refractivity contribution is 5.36. The van der Waals surface area contributed by atoms with Crippen LogP contribution in [0.15, 0.2) is 40.9 Å². The summed E-state index contributed by atoms with van der Waals surface area (Å²) in [5, 5.41) is 11.7. The Labute approximate surface area is 123 Å². The Kier molecular flexibility index (Phi) is 3.00. The fourth-order valence-electron chi connectivity index (χ4n) is 2.72. The summed E-state index contributed by atoms with van der Waals surface area (Å²) >= 11 is 0. The van der Waals surface area contributed by atoms with E-state index in [9.17, 15) is 0 Å². The molecule has 3 heterocycles. The topological polar surface area (TPSA) is 55.4 Å². The number of nitrogens with one attached hydrogen (secondary N) is 1. The van der Waals surface area contributed by atoms with Crippen molar-refractivity contribution in [2.75, 3.05) is 0 Å². The quantitative estimate of drug-likeness (QED) is 0.781. The number of aromatic nitrogens is 3. The Hall–Kier alpha value is -2.14. The van der Waals surface area contributed by atoms with Crippen LogP contribution in [-0.4, -0.2) is 14.6 Å². The van der Waals surface area contributed by atoms with Crippen molar-refractivity contribution in [1.29, 1.82) is 0 Å². The number of hydrogen-bond acceptors (Lipinski definition) is 4. The molecule has 0 bridgehead atoms. The van der Waals surface area contributed by atoms with E-state index < -0.39 is 0 Å². The van der Waals surface area contributed by atoms with Gasteiger partial charge in [0.15, 0.2) is 11.5 Å². The molecule has 1 saturated carbocycles. The lowest BCUT2D eigenvalue weighted by Gasteiger charge is -2.01. The summed E-state index contributed by atoms with van der Waals surface area (Å²) in [6.07, 6.45) is 3.23. The van der Waals surface area contributed by atoms with Gasteiger partial charge in [0.25, 0.3) is 0 Å². The van der Waals surface area contributed by atoms with Crippen LogP contribution in [0.2, 0.25) is 0 Å². The second kappa shape index (κ2) is 5.00. The van der Waals surface area contributed by atoms with E-state index in [2.05, 4.69) is 34.6 Å². The molecule has 1 N–H and O–H groups in total. The van der Waals surface area contributed by atoms with Gasteiger partial charge in [0, 0.05) is 12.1 Å². The number of furan rings is 1. The third kappa shape index (κ3) is 2.45. The Balaban J connectivity index is 1.38. The minimum atomic E-state index is 0.638. The largest absolute Gasteiger partial charge is 0.464 e. The standard InChI is InChI=1S/C16H18N4O/c1-11-8-13(11)14-6-5-12(21-14)9-17-10-16-19-18-15-4-2-3-7-20(15)16/h2-7,11,13,17H,8-10H2,1H3. The number of fused-ring (bicyclic) bond motifs is 1. The third-order valence-electron chi connectivity index (χ3n) is 4.12. The van der Waals surface area contributed by atoms with Crippen molar-refractivity contribution in [3.8, 4) is 0 Å². The fourth-order valence-corrected chi connectivity index (χ4v) is 2.72. The van der Waals surface area contributed by atoms with Crippen molar-refractivity contribution in [3.05, 3.63) is 53.9 Å². The maximum atomic E-state index is 5.88. The van der Waals surface area contributed by atoms with Gasteiger partial charge in [0.2, 0.25) is 0 Å². The van der Waals surface area contributed by atoms with Crippen molar-refractivity contribution < 1.29 is 4.42 Å². The van der Waals surface area contributed by atoms with Crippen LogP contribution in [0.4, 0.5) is 0 Å². The van der Waals surface area contributed by atoms with E-state index in [0.717, 1.165) is 28.9 Å². The zero-order valence-corrected chi connectivity index (χ0v) is 12.0. The summed E-state index contributed by atoms with van der Waals surface area (Å²) in [4.78, 5) is 0. The molecule has 1 fully saturated rings. The average molecular weight is 282 g/mol. The molecule has 2 unspecified atom stereocenters. The lowest BCUT2D eigenvalue weighted by atomic mass is 10.3. The Morgan fingerprint density at radius 2 is 2.14 bits per heavy atom. The van der Waals surface area contributed by atoms with Crippen molar-refractivity contribution in [3.63, 3.8) is 0 Å². The molecule has 0 aromatic carbocycles. The monoisotopic (exact) mass is 282 g/mol. The molecule has 2 atom stereocenters. The lowest BCUT2D eigenvalue weighted by molar-refractivity contribution is 0.442. The molecule has 3 aromatic heterocycles. The number of nitrogens with zero attached hydrogens (tertiary/aromatic N) is 3. The van der Waals surface area contributed by atoms with Crippen LogP contribution in [0.5, 0.6) is 0 Å². The van der Waals surface area contributed by atoms with Crippen LogP contribution < -0.4 is 5.32 Å². The Bertz CT molecular complexity index is 760. The second-order valence-electron chi connectivity index (χ2n) is 5.77. The zero-order chi connectivity index (χ0) is 14.2. The van der Waals surface area contributed by atoms with Crippen LogP contribution in [0.3, 0.4) is 0 Å². The molecule has 3 aromatic rings. The van der Waals surface area contributed by atoms with Gasteiger partial charge in [-0.05, 0) is 36.6 Å². The summed E-state index contributed by atoms with van der Waals surface area (Å²) in [6.45, 7) is 3.64. The highest BCUT2D eigenvalue weighted by Crippen LogP contribution is 2.47. The van der Waals surface area contributed by atoms with E-state index in [4.69, 9.17) is 4.42 Å². The minimum absolute atomic E-state index is 0.638. The van der Waals surface area contributed by atoms with Crippen molar-refractivity contribution in [2.24, 2.45) is 5.92 Å². The van der Waals surface area contributed by atoms with Crippen LogP contribution in [0.1, 0.15) is 36.6 Å². The summed E-state index contributed by atoms with van der Waals surface area (Å²) in [6, 6.07) is 10.1. The van der Waals surface area contributed by atoms with E-state index in [1.807, 2.05) is 28.8 Å². The maximum absolute atomic E-state index is 5.88. The van der Waals surface area contributed by atoms with Crippen LogP contribution in [0, 0.1) is 5.92 Å². The van der Waals surface area contributed by atoms with Gasteiger partial charge in [-0.2, -0.15) is 0 Å². The SMILES string of the molecule is CC1CC1c1ccc(CNCc2nnc3ccccn23)o1. The molecule has 0 amide bonds. The number of hydrogen-bond donors (Lipinski definition) is 1. The van der Waals surface area contributed by atoms with Gasteiger partial charge < -0.3 is 9.73 Å². The normalized spacial score (nSPS) is 21.0. The Morgan fingerprint density at radius 1 is 1.24 bits per heavy atom. The number of pyridine rings is 1. The summed E-state index contributed by atoms with van der Waals surface area (Å²) in [5.41, 5.74) is 0.873. The summed E-state index contributed by atoms with van der Waals surface area (Å²) < 4.78 is 7.87. The molecule has 0 saturated heterocycles. The fraction of sp³-hybridized carbons (Fsp3) is 0.375. The van der Waals surface area contributed by atoms with Crippen LogP contribution in [-0.2, 0) is 13.1 Å². The van der Waals surface area contributed by atoms with Gasteiger partial charge in [-0.15, -0.1) is 10.2 Å². The smallest absolute Gasteiger partial charge is 0.160 e. The van der Waals surface area contributed by atoms with E-state index in [-0.39, 0.29) is 0 Å². The molecule has 1 aliphatic carbocycles. The predicted octanol–water partition coefficient (Wildman–Crippen LogP) is 2.74. The molecule has 1 aliphatic rings. The van der Waals surface area contributed by atoms with Crippen LogP contribution in [0.25, 0.3) is 5.65 Å². The zero-order valence-electron chi connectivity index (χ0n) is 12.0. The van der Waals surface area contributed by atoms with Crippen molar-refractivity contribution in [2.45, 2.75) is 32.4 Å². The highest BCUT2D eigenvalue weighted by Gasteiger charge is 2.36. The molecule has 4 rings (SSSR count). The maximum Gasteiger partial charge on any atom is 0.160 e. The Morgan fingerprint density at radius 3 is 3.00 bits per heavy atom. The molecular weight excluding hydrogens is 264 g/mol. The lowest BCUT2D eigenvalue weighted by Crippen LogP contribution is -2.14. The van der Waals surface area contributed by atoms with Crippen molar-refractivity contribution in [1.82, 2.24) is 19.9 Å². The van der Waals surface area contributed by atoms with Gasteiger partial charge in [-0.25, -0.2) is 0 Å². The molecule has 21 heavy (non-hydrogen) atoms. The summed E-state index contributed by atoms with van der Waals surface area (Å²) in [7, 11) is 0. The number of rotatable bonds is 5. The first-order valence-electron chi connectivity index (χ1n) is 7.39. The van der Waals surface area contributed by atoms with E-state index in [1.54, 1.807) is 0 Å². The third-order valence-corrected chi connectivity index (χ3v) is 4.12. The van der Waals surface area contributed by atoms with Gasteiger partial charge in [0.1, 0.15) is 11.5 Å². The minimum Gasteiger partial charge on any atom is -0.464 e. The van der Waals surface area contributed by atoms with E-state index >= 15 is 0 Å². The van der Waals surface area contributed by atoms with Gasteiger partial charge in [0.05, 0.1) is 13.1 Å². The van der Waals surface area contributed by atoms with E-state index in [0.29, 0.717) is 19.0 Å². The average Bonchev–Trinajstić information content (AvgIpc) is 2.92. The first kappa shape index (κ1) is 12.6. The highest BCUT2D eigenvalue weighted by atomic mass is 16.3. The first-order chi connectivity index (χ1) is 10.3. The molecular formula is C16H18N4O. The summed E-state index contributed by atoms with van der Waals surface area (Å²) in [5.74, 6) is 4.44. The van der Waals surface area contributed by atoms with Gasteiger partial charge >= 0.3 is 0 Å². The van der Waals surface area contributed by atoms with Gasteiger partial charge in [-0.3, -0.25) is 4.40 Å². The second-order valence-corrected chi connectivity index (χ2v) is 5.77. The van der Waals surface area contributed by atoms with Crippen LogP contribution >= 0.6 is 0 Å². The molecule has 0 aliphatic heterocycles. The molecule has 0 spiro atoms. The van der Waals surface area contributed by atoms with E-state index in [1.165, 1.54) is 6.42 Å². The first-order valence-corrected chi connectivity index (χ1v) is 7.39. The predicted molar refractivity (Wildman–Crippen MR) is 78.8 cm³/mol. The molecule has 5 heteroatoms.